The zero-order chi connectivity index (χ0) is 15.5. The highest BCUT2D eigenvalue weighted by Gasteiger charge is 2.09. The van der Waals surface area contributed by atoms with Gasteiger partial charge in [0.25, 0.3) is 0 Å². The highest BCUT2D eigenvalue weighted by molar-refractivity contribution is 7.09. The average molecular weight is 315 g/mol. The van der Waals surface area contributed by atoms with E-state index >= 15 is 0 Å². The van der Waals surface area contributed by atoms with Crippen LogP contribution in [0.2, 0.25) is 0 Å². The molecule has 1 aromatic rings. The van der Waals surface area contributed by atoms with Gasteiger partial charge in [-0.1, -0.05) is 13.8 Å². The molecule has 0 spiro atoms. The van der Waals surface area contributed by atoms with Crippen molar-refractivity contribution < 1.29 is 9.47 Å². The van der Waals surface area contributed by atoms with Crippen LogP contribution in [-0.2, 0) is 22.6 Å². The Bertz CT molecular complexity index is 372. The molecule has 0 bridgehead atoms. The first-order valence-corrected chi connectivity index (χ1v) is 8.40. The largest absolute Gasteiger partial charge is 0.385 e. The first kappa shape index (κ1) is 18.5. The molecule has 0 aliphatic carbocycles. The second-order valence-corrected chi connectivity index (χ2v) is 6.33. The molecule has 6 heteroatoms. The zero-order valence-corrected chi connectivity index (χ0v) is 14.5. The van der Waals surface area contributed by atoms with Crippen LogP contribution >= 0.6 is 11.3 Å². The van der Waals surface area contributed by atoms with Gasteiger partial charge < -0.3 is 14.8 Å². The minimum Gasteiger partial charge on any atom is -0.385 e. The lowest BCUT2D eigenvalue weighted by Crippen LogP contribution is -2.29. The third-order valence-electron chi connectivity index (χ3n) is 3.08. The summed E-state index contributed by atoms with van der Waals surface area (Å²) in [6, 6.07) is 0.490. The van der Waals surface area contributed by atoms with Crippen LogP contribution in [-0.4, -0.2) is 56.4 Å². The number of nitrogens with zero attached hydrogens (tertiary/aromatic N) is 2. The molecule has 0 saturated carbocycles. The van der Waals surface area contributed by atoms with Crippen LogP contribution in [0.4, 0.5) is 0 Å². The van der Waals surface area contributed by atoms with E-state index in [1.165, 1.54) is 0 Å². The summed E-state index contributed by atoms with van der Waals surface area (Å²) in [7, 11) is 3.49. The van der Waals surface area contributed by atoms with Gasteiger partial charge in [0.1, 0.15) is 5.01 Å². The molecule has 1 rings (SSSR count). The van der Waals surface area contributed by atoms with Gasteiger partial charge in [0.15, 0.2) is 0 Å². The highest BCUT2D eigenvalue weighted by Crippen LogP contribution is 2.12. The maximum absolute atomic E-state index is 5.19. The van der Waals surface area contributed by atoms with Crippen molar-refractivity contribution in [2.75, 3.05) is 40.5 Å². The van der Waals surface area contributed by atoms with E-state index < -0.39 is 0 Å². The van der Waals surface area contributed by atoms with E-state index in [2.05, 4.69) is 29.4 Å². The van der Waals surface area contributed by atoms with Gasteiger partial charge >= 0.3 is 0 Å². The predicted molar refractivity (Wildman–Crippen MR) is 87.7 cm³/mol. The lowest BCUT2D eigenvalue weighted by Gasteiger charge is -2.20. The van der Waals surface area contributed by atoms with Gasteiger partial charge in [-0.05, 0) is 6.42 Å². The van der Waals surface area contributed by atoms with Crippen LogP contribution in [0.5, 0.6) is 0 Å². The Kier molecular flexibility index (Phi) is 9.78. The fourth-order valence-corrected chi connectivity index (χ4v) is 2.68. The Morgan fingerprint density at radius 2 is 2.00 bits per heavy atom. The molecule has 1 aromatic heterocycles. The molecule has 21 heavy (non-hydrogen) atoms. The van der Waals surface area contributed by atoms with Crippen LogP contribution < -0.4 is 5.32 Å². The van der Waals surface area contributed by atoms with Gasteiger partial charge in [-0.3, -0.25) is 4.90 Å². The Hall–Kier alpha value is -0.530. The van der Waals surface area contributed by atoms with Crippen molar-refractivity contribution in [2.45, 2.75) is 39.4 Å². The molecule has 0 amide bonds. The molecule has 0 aromatic carbocycles. The van der Waals surface area contributed by atoms with E-state index in [1.807, 2.05) is 0 Å². The monoisotopic (exact) mass is 315 g/mol. The number of thiazole rings is 1. The summed E-state index contributed by atoms with van der Waals surface area (Å²) in [5.41, 5.74) is 1.15. The molecular formula is C15H29N3O2S. The van der Waals surface area contributed by atoms with Gasteiger partial charge in [0, 0.05) is 58.4 Å². The Morgan fingerprint density at radius 1 is 1.24 bits per heavy atom. The smallest absolute Gasteiger partial charge is 0.107 e. The number of methoxy groups -OCH3 is 2. The summed E-state index contributed by atoms with van der Waals surface area (Å²) in [4.78, 5) is 7.07. The number of hydrogen-bond acceptors (Lipinski definition) is 6. The summed E-state index contributed by atoms with van der Waals surface area (Å²) in [5.74, 6) is 0. The van der Waals surface area contributed by atoms with E-state index in [0.29, 0.717) is 6.04 Å². The average Bonchev–Trinajstić information content (AvgIpc) is 2.90. The fraction of sp³-hybridized carbons (Fsp3) is 0.800. The van der Waals surface area contributed by atoms with Crippen molar-refractivity contribution in [2.24, 2.45) is 0 Å². The van der Waals surface area contributed by atoms with Crippen molar-refractivity contribution in [1.29, 1.82) is 0 Å². The van der Waals surface area contributed by atoms with Gasteiger partial charge in [-0.15, -0.1) is 11.3 Å². The summed E-state index contributed by atoms with van der Waals surface area (Å²) in [6.07, 6.45) is 1.03. The summed E-state index contributed by atoms with van der Waals surface area (Å²) in [6.45, 7) is 9.51. The molecule has 0 unspecified atom stereocenters. The van der Waals surface area contributed by atoms with E-state index in [1.54, 1.807) is 25.6 Å². The normalized spacial score (nSPS) is 11.7. The summed E-state index contributed by atoms with van der Waals surface area (Å²) < 4.78 is 10.3. The summed E-state index contributed by atoms with van der Waals surface area (Å²) >= 11 is 1.73. The number of nitrogens with one attached hydrogen (secondary N) is 1. The molecule has 0 aliphatic heterocycles. The maximum Gasteiger partial charge on any atom is 0.107 e. The third-order valence-corrected chi connectivity index (χ3v) is 3.98. The number of hydrogen-bond donors (Lipinski definition) is 1. The molecule has 122 valence electrons. The SMILES string of the molecule is COCCCN(CCOC)Cc1csc(CNC(C)C)n1. The van der Waals surface area contributed by atoms with Crippen LogP contribution in [0, 0.1) is 0 Å². The lowest BCUT2D eigenvalue weighted by atomic mass is 10.3. The molecule has 5 nitrogen and oxygen atoms in total. The van der Waals surface area contributed by atoms with E-state index in [4.69, 9.17) is 14.5 Å². The van der Waals surface area contributed by atoms with Crippen molar-refractivity contribution in [3.63, 3.8) is 0 Å². The molecule has 1 N–H and O–H groups in total. The Balaban J connectivity index is 2.44. The Labute approximate surface area is 132 Å². The van der Waals surface area contributed by atoms with E-state index in [0.717, 1.165) is 56.5 Å². The standard InChI is InChI=1S/C15H29N3O2S/c1-13(2)16-10-15-17-14(12-21-15)11-18(7-9-20-4)6-5-8-19-3/h12-13,16H,5-11H2,1-4H3. The topological polar surface area (TPSA) is 46.6 Å². The third kappa shape index (κ3) is 8.48. The minimum atomic E-state index is 0.490. The van der Waals surface area contributed by atoms with Crippen molar-refractivity contribution in [1.82, 2.24) is 15.2 Å². The Morgan fingerprint density at radius 3 is 2.67 bits per heavy atom. The number of rotatable bonds is 12. The molecule has 1 heterocycles. The van der Waals surface area contributed by atoms with Gasteiger partial charge in [0.2, 0.25) is 0 Å². The van der Waals surface area contributed by atoms with E-state index in [9.17, 15) is 0 Å². The van der Waals surface area contributed by atoms with Gasteiger partial charge in [0.05, 0.1) is 12.3 Å². The predicted octanol–water partition coefficient (Wildman–Crippen LogP) is 2.13. The molecule has 0 fully saturated rings. The van der Waals surface area contributed by atoms with Crippen LogP contribution in [0.1, 0.15) is 31.0 Å². The molecule has 0 aliphatic rings. The van der Waals surface area contributed by atoms with Gasteiger partial charge in [-0.2, -0.15) is 0 Å². The second-order valence-electron chi connectivity index (χ2n) is 5.38. The van der Waals surface area contributed by atoms with Crippen LogP contribution in [0.3, 0.4) is 0 Å². The van der Waals surface area contributed by atoms with Crippen molar-refractivity contribution in [3.05, 3.63) is 16.1 Å². The van der Waals surface area contributed by atoms with Crippen molar-refractivity contribution >= 4 is 11.3 Å². The quantitative estimate of drug-likeness (QED) is 0.599. The number of aromatic nitrogens is 1. The van der Waals surface area contributed by atoms with Crippen LogP contribution in [0.25, 0.3) is 0 Å². The molecule has 0 saturated heterocycles. The first-order valence-electron chi connectivity index (χ1n) is 7.52. The van der Waals surface area contributed by atoms with E-state index in [-0.39, 0.29) is 0 Å². The zero-order valence-electron chi connectivity index (χ0n) is 13.7. The minimum absolute atomic E-state index is 0.490. The van der Waals surface area contributed by atoms with Crippen molar-refractivity contribution in [3.8, 4) is 0 Å². The lowest BCUT2D eigenvalue weighted by molar-refractivity contribution is 0.128. The second kappa shape index (κ2) is 11.1. The number of ether oxygens (including phenoxy) is 2. The van der Waals surface area contributed by atoms with Crippen LogP contribution in [0.15, 0.2) is 5.38 Å². The summed E-state index contributed by atoms with van der Waals surface area (Å²) in [5, 5.41) is 6.72. The molecular weight excluding hydrogens is 286 g/mol. The maximum atomic E-state index is 5.19. The fourth-order valence-electron chi connectivity index (χ4n) is 1.95. The molecule has 0 radical (unpaired) electrons. The first-order chi connectivity index (χ1) is 10.2. The highest BCUT2D eigenvalue weighted by atomic mass is 32.1. The molecule has 0 atom stereocenters. The van der Waals surface area contributed by atoms with Gasteiger partial charge in [-0.25, -0.2) is 4.98 Å².